The average Bonchev–Trinajstić information content (AvgIpc) is 2.85. The lowest BCUT2D eigenvalue weighted by atomic mass is 10.0. The number of phenolic OH excluding ortho intramolecular Hbond substituents is 1. The molecule has 0 atom stereocenters. The third-order valence-corrected chi connectivity index (χ3v) is 4.19. The predicted molar refractivity (Wildman–Crippen MR) is 79.7 cm³/mol. The minimum atomic E-state index is -0.177. The van der Waals surface area contributed by atoms with Crippen LogP contribution in [0, 0.1) is 9.49 Å². The minimum absolute atomic E-state index is 0.0498. The second-order valence-corrected chi connectivity index (χ2v) is 6.10. The fourth-order valence-electron chi connectivity index (χ4n) is 2.47. The summed E-state index contributed by atoms with van der Waals surface area (Å²) < 4.78 is 0.950. The van der Waals surface area contributed by atoms with Gasteiger partial charge in [0.2, 0.25) is 0 Å². The first-order chi connectivity index (χ1) is 8.66. The summed E-state index contributed by atoms with van der Waals surface area (Å²) in [4.78, 5) is 11.9. The Morgan fingerprint density at radius 2 is 2.11 bits per heavy atom. The summed E-state index contributed by atoms with van der Waals surface area (Å²) in [6.45, 7) is 0.703. The number of carbonyl (C=O) groups is 1. The zero-order chi connectivity index (χ0) is 13.0. The molecule has 0 spiro atoms. The highest BCUT2D eigenvalue weighted by molar-refractivity contribution is 14.1. The Balaban J connectivity index is 1.85. The topological polar surface area (TPSA) is 49.3 Å². The van der Waals surface area contributed by atoms with Crippen LogP contribution in [0.2, 0.25) is 0 Å². The Morgan fingerprint density at radius 3 is 2.83 bits per heavy atom. The van der Waals surface area contributed by atoms with E-state index in [4.69, 9.17) is 0 Å². The highest BCUT2D eigenvalue weighted by Gasteiger charge is 2.16. The van der Waals surface area contributed by atoms with Crippen molar-refractivity contribution in [2.75, 3.05) is 6.54 Å². The Hall–Kier alpha value is -0.780. The lowest BCUT2D eigenvalue weighted by Crippen LogP contribution is -2.25. The van der Waals surface area contributed by atoms with Gasteiger partial charge in [-0.1, -0.05) is 25.7 Å². The van der Waals surface area contributed by atoms with E-state index in [0.29, 0.717) is 12.1 Å². The highest BCUT2D eigenvalue weighted by atomic mass is 127. The van der Waals surface area contributed by atoms with Crippen molar-refractivity contribution in [3.8, 4) is 5.75 Å². The maximum Gasteiger partial charge on any atom is 0.255 e. The fraction of sp³-hybridized carbons (Fsp3) is 0.500. The molecule has 0 aromatic heterocycles. The standard InChI is InChI=1S/C14H18INO2/c15-11-5-6-13(17)12(9-11)14(18)16-8-7-10-3-1-2-4-10/h5-6,9-10,17H,1-4,7-8H2,(H,16,18). The van der Waals surface area contributed by atoms with Crippen molar-refractivity contribution in [1.82, 2.24) is 5.32 Å². The van der Waals surface area contributed by atoms with Gasteiger partial charge in [0.05, 0.1) is 5.56 Å². The maximum absolute atomic E-state index is 11.9. The van der Waals surface area contributed by atoms with Crippen molar-refractivity contribution in [2.24, 2.45) is 5.92 Å². The van der Waals surface area contributed by atoms with Gasteiger partial charge in [-0.2, -0.15) is 0 Å². The smallest absolute Gasteiger partial charge is 0.255 e. The molecule has 18 heavy (non-hydrogen) atoms. The molecule has 1 aromatic rings. The molecule has 2 rings (SSSR count). The SMILES string of the molecule is O=C(NCCC1CCCC1)c1cc(I)ccc1O. The van der Waals surface area contributed by atoms with E-state index in [-0.39, 0.29) is 11.7 Å². The number of nitrogens with one attached hydrogen (secondary N) is 1. The van der Waals surface area contributed by atoms with Crippen molar-refractivity contribution in [1.29, 1.82) is 0 Å². The molecule has 1 aliphatic carbocycles. The number of rotatable bonds is 4. The Kier molecular flexibility index (Phi) is 4.86. The molecule has 4 heteroatoms. The van der Waals surface area contributed by atoms with Gasteiger partial charge in [0.1, 0.15) is 5.75 Å². The Labute approximate surface area is 121 Å². The molecule has 1 aliphatic rings. The largest absolute Gasteiger partial charge is 0.507 e. The number of halogens is 1. The van der Waals surface area contributed by atoms with E-state index in [1.165, 1.54) is 25.7 Å². The van der Waals surface area contributed by atoms with Gasteiger partial charge in [-0.3, -0.25) is 4.79 Å². The second-order valence-electron chi connectivity index (χ2n) is 4.86. The summed E-state index contributed by atoms with van der Waals surface area (Å²) >= 11 is 2.13. The molecule has 1 aromatic carbocycles. The van der Waals surface area contributed by atoms with Crippen LogP contribution in [0.15, 0.2) is 18.2 Å². The molecule has 0 bridgehead atoms. The van der Waals surface area contributed by atoms with Gasteiger partial charge >= 0.3 is 0 Å². The maximum atomic E-state index is 11.9. The van der Waals surface area contributed by atoms with E-state index in [9.17, 15) is 9.90 Å². The first-order valence-electron chi connectivity index (χ1n) is 6.43. The van der Waals surface area contributed by atoms with Crippen LogP contribution < -0.4 is 5.32 Å². The van der Waals surface area contributed by atoms with Crippen molar-refractivity contribution >= 4 is 28.5 Å². The van der Waals surface area contributed by atoms with Gasteiger partial charge in [0.25, 0.3) is 5.91 Å². The van der Waals surface area contributed by atoms with Gasteiger partial charge in [-0.15, -0.1) is 0 Å². The number of carbonyl (C=O) groups excluding carboxylic acids is 1. The first-order valence-corrected chi connectivity index (χ1v) is 7.51. The molecule has 0 heterocycles. The Morgan fingerprint density at radius 1 is 1.39 bits per heavy atom. The number of amides is 1. The van der Waals surface area contributed by atoms with E-state index in [1.807, 2.05) is 0 Å². The highest BCUT2D eigenvalue weighted by Crippen LogP contribution is 2.27. The zero-order valence-electron chi connectivity index (χ0n) is 10.3. The van der Waals surface area contributed by atoms with Gasteiger partial charge in [-0.25, -0.2) is 0 Å². The van der Waals surface area contributed by atoms with Crippen molar-refractivity contribution in [2.45, 2.75) is 32.1 Å². The second kappa shape index (κ2) is 6.41. The quantitative estimate of drug-likeness (QED) is 0.811. The fourth-order valence-corrected chi connectivity index (χ4v) is 2.97. The molecule has 0 saturated heterocycles. The molecule has 1 amide bonds. The summed E-state index contributed by atoms with van der Waals surface area (Å²) in [7, 11) is 0. The van der Waals surface area contributed by atoms with E-state index in [1.54, 1.807) is 18.2 Å². The van der Waals surface area contributed by atoms with Crippen LogP contribution in [0.4, 0.5) is 0 Å². The lowest BCUT2D eigenvalue weighted by molar-refractivity contribution is 0.0948. The molecule has 3 nitrogen and oxygen atoms in total. The van der Waals surface area contributed by atoms with Crippen LogP contribution in [0.5, 0.6) is 5.75 Å². The van der Waals surface area contributed by atoms with Gasteiger partial charge in [0, 0.05) is 10.1 Å². The molecule has 0 radical (unpaired) electrons. The van der Waals surface area contributed by atoms with E-state index >= 15 is 0 Å². The first kappa shape index (κ1) is 13.6. The third kappa shape index (κ3) is 3.60. The number of hydrogen-bond acceptors (Lipinski definition) is 2. The molecular weight excluding hydrogens is 341 g/mol. The minimum Gasteiger partial charge on any atom is -0.507 e. The molecule has 0 unspecified atom stereocenters. The molecule has 1 saturated carbocycles. The summed E-state index contributed by atoms with van der Waals surface area (Å²) in [5, 5.41) is 12.5. The van der Waals surface area contributed by atoms with Crippen LogP contribution in [-0.2, 0) is 0 Å². The van der Waals surface area contributed by atoms with Crippen LogP contribution in [0.3, 0.4) is 0 Å². The van der Waals surface area contributed by atoms with Crippen LogP contribution >= 0.6 is 22.6 Å². The number of aromatic hydroxyl groups is 1. The van der Waals surface area contributed by atoms with Crippen LogP contribution in [0.1, 0.15) is 42.5 Å². The normalized spacial score (nSPS) is 15.8. The van der Waals surface area contributed by atoms with Crippen molar-refractivity contribution in [3.05, 3.63) is 27.3 Å². The monoisotopic (exact) mass is 359 g/mol. The summed E-state index contributed by atoms with van der Waals surface area (Å²) in [6, 6.07) is 5.06. The van der Waals surface area contributed by atoms with Crippen LogP contribution in [0.25, 0.3) is 0 Å². The number of phenols is 1. The number of benzene rings is 1. The van der Waals surface area contributed by atoms with E-state index < -0.39 is 0 Å². The van der Waals surface area contributed by atoms with Gasteiger partial charge < -0.3 is 10.4 Å². The van der Waals surface area contributed by atoms with E-state index in [0.717, 1.165) is 15.9 Å². The molecule has 0 aliphatic heterocycles. The molecule has 2 N–H and O–H groups in total. The molecular formula is C14H18INO2. The lowest BCUT2D eigenvalue weighted by Gasteiger charge is -2.10. The predicted octanol–water partition coefficient (Wildman–Crippen LogP) is 3.31. The van der Waals surface area contributed by atoms with Crippen LogP contribution in [-0.4, -0.2) is 17.6 Å². The summed E-state index contributed by atoms with van der Waals surface area (Å²) in [6.07, 6.45) is 6.30. The Bertz CT molecular complexity index is 428. The summed E-state index contributed by atoms with van der Waals surface area (Å²) in [5.74, 6) is 0.646. The van der Waals surface area contributed by atoms with Crippen molar-refractivity contribution < 1.29 is 9.90 Å². The van der Waals surface area contributed by atoms with Gasteiger partial charge in [0.15, 0.2) is 0 Å². The van der Waals surface area contributed by atoms with E-state index in [2.05, 4.69) is 27.9 Å². The average molecular weight is 359 g/mol. The molecule has 98 valence electrons. The van der Waals surface area contributed by atoms with Crippen molar-refractivity contribution in [3.63, 3.8) is 0 Å². The van der Waals surface area contributed by atoms with Gasteiger partial charge in [-0.05, 0) is 53.1 Å². The zero-order valence-corrected chi connectivity index (χ0v) is 12.4. The number of hydrogen-bond donors (Lipinski definition) is 2. The third-order valence-electron chi connectivity index (χ3n) is 3.52. The molecule has 1 fully saturated rings. The summed E-state index contributed by atoms with van der Waals surface area (Å²) in [5.41, 5.74) is 0.369.